The first-order valence-electron chi connectivity index (χ1n) is 5.12. The van der Waals surface area contributed by atoms with Crippen molar-refractivity contribution in [1.29, 1.82) is 0 Å². The number of hydrogen-bond donors (Lipinski definition) is 1. The zero-order valence-corrected chi connectivity index (χ0v) is 10.8. The monoisotopic (exact) mass is 270 g/mol. The van der Waals surface area contributed by atoms with Crippen LogP contribution in [0.2, 0.25) is 10.0 Å². The first kappa shape index (κ1) is 12.4. The van der Waals surface area contributed by atoms with E-state index in [1.165, 1.54) is 0 Å². The lowest BCUT2D eigenvalue weighted by atomic mass is 10.0. The Hall–Kier alpha value is -1.10. The van der Waals surface area contributed by atoms with Gasteiger partial charge in [0.05, 0.1) is 17.9 Å². The Labute approximate surface area is 109 Å². The minimum absolute atomic E-state index is 0.186. The van der Waals surface area contributed by atoms with E-state index in [1.807, 2.05) is 13.1 Å². The van der Waals surface area contributed by atoms with Crippen LogP contribution in [0.4, 0.5) is 0 Å². The fraction of sp³-hybridized carbons (Fsp3) is 0.273. The molecule has 0 radical (unpaired) electrons. The molecular formula is C11H12Cl2N4. The molecule has 2 rings (SSSR count). The number of hydrogen-bond acceptors (Lipinski definition) is 3. The SMILES string of the molecule is Cn1nncc1C(N)Cc1ccc(Cl)cc1Cl. The third-order valence-electron chi connectivity index (χ3n) is 2.58. The zero-order chi connectivity index (χ0) is 12.4. The second-order valence-corrected chi connectivity index (χ2v) is 4.67. The summed E-state index contributed by atoms with van der Waals surface area (Å²) in [6.45, 7) is 0. The molecule has 4 nitrogen and oxygen atoms in total. The standard InChI is InChI=1S/C11H12Cl2N4/c1-17-11(6-15-16-17)10(14)4-7-2-3-8(12)5-9(7)13/h2-3,5-6,10H,4,14H2,1H3. The highest BCUT2D eigenvalue weighted by Gasteiger charge is 2.13. The van der Waals surface area contributed by atoms with Gasteiger partial charge in [-0.25, -0.2) is 0 Å². The number of aryl methyl sites for hydroxylation is 1. The quantitative estimate of drug-likeness (QED) is 0.932. The van der Waals surface area contributed by atoms with Crippen LogP contribution in [0.5, 0.6) is 0 Å². The molecule has 0 aliphatic heterocycles. The topological polar surface area (TPSA) is 56.7 Å². The highest BCUT2D eigenvalue weighted by Crippen LogP contribution is 2.24. The molecule has 0 aliphatic carbocycles. The summed E-state index contributed by atoms with van der Waals surface area (Å²) in [7, 11) is 1.81. The highest BCUT2D eigenvalue weighted by atomic mass is 35.5. The van der Waals surface area contributed by atoms with E-state index in [1.54, 1.807) is 23.0 Å². The molecule has 1 heterocycles. The second-order valence-electron chi connectivity index (χ2n) is 3.83. The van der Waals surface area contributed by atoms with Gasteiger partial charge in [-0.1, -0.05) is 34.5 Å². The summed E-state index contributed by atoms with van der Waals surface area (Å²) in [6, 6.07) is 5.21. The van der Waals surface area contributed by atoms with Crippen LogP contribution >= 0.6 is 23.2 Å². The summed E-state index contributed by atoms with van der Waals surface area (Å²) >= 11 is 11.9. The summed E-state index contributed by atoms with van der Waals surface area (Å²) in [5.74, 6) is 0. The van der Waals surface area contributed by atoms with Crippen molar-refractivity contribution in [2.75, 3.05) is 0 Å². The highest BCUT2D eigenvalue weighted by molar-refractivity contribution is 6.35. The van der Waals surface area contributed by atoms with E-state index in [-0.39, 0.29) is 6.04 Å². The van der Waals surface area contributed by atoms with Gasteiger partial charge in [-0.05, 0) is 24.1 Å². The first-order valence-corrected chi connectivity index (χ1v) is 5.87. The van der Waals surface area contributed by atoms with Crippen molar-refractivity contribution in [3.8, 4) is 0 Å². The van der Waals surface area contributed by atoms with E-state index in [4.69, 9.17) is 28.9 Å². The minimum atomic E-state index is -0.186. The van der Waals surface area contributed by atoms with Crippen molar-refractivity contribution in [2.45, 2.75) is 12.5 Å². The molecule has 2 aromatic rings. The van der Waals surface area contributed by atoms with E-state index in [2.05, 4.69) is 10.3 Å². The summed E-state index contributed by atoms with van der Waals surface area (Å²) in [5.41, 5.74) is 7.92. The van der Waals surface area contributed by atoms with Crippen molar-refractivity contribution in [3.05, 3.63) is 45.7 Å². The summed E-state index contributed by atoms with van der Waals surface area (Å²) in [6.07, 6.45) is 2.28. The Balaban J connectivity index is 2.19. The van der Waals surface area contributed by atoms with Crippen molar-refractivity contribution in [2.24, 2.45) is 12.8 Å². The lowest BCUT2D eigenvalue weighted by molar-refractivity contribution is 0.607. The summed E-state index contributed by atoms with van der Waals surface area (Å²) < 4.78 is 1.66. The maximum atomic E-state index is 6.10. The number of nitrogens with two attached hydrogens (primary N) is 1. The molecule has 1 aromatic carbocycles. The van der Waals surface area contributed by atoms with E-state index in [0.29, 0.717) is 16.5 Å². The number of aromatic nitrogens is 3. The summed E-state index contributed by atoms with van der Waals surface area (Å²) in [5, 5.41) is 8.90. The molecule has 1 atom stereocenters. The molecule has 0 amide bonds. The van der Waals surface area contributed by atoms with Gasteiger partial charge in [-0.2, -0.15) is 0 Å². The van der Waals surface area contributed by atoms with Gasteiger partial charge < -0.3 is 5.73 Å². The predicted molar refractivity (Wildman–Crippen MR) is 68.1 cm³/mol. The Morgan fingerprint density at radius 1 is 1.41 bits per heavy atom. The lowest BCUT2D eigenvalue weighted by Gasteiger charge is -2.12. The minimum Gasteiger partial charge on any atom is -0.322 e. The Bertz CT molecular complexity index is 524. The van der Waals surface area contributed by atoms with Gasteiger partial charge in [0.25, 0.3) is 0 Å². The smallest absolute Gasteiger partial charge is 0.0754 e. The van der Waals surface area contributed by atoms with E-state index in [9.17, 15) is 0 Å². The summed E-state index contributed by atoms with van der Waals surface area (Å²) in [4.78, 5) is 0. The molecule has 1 aromatic heterocycles. The molecule has 17 heavy (non-hydrogen) atoms. The Morgan fingerprint density at radius 2 is 2.18 bits per heavy atom. The van der Waals surface area contributed by atoms with Gasteiger partial charge in [-0.3, -0.25) is 4.68 Å². The third-order valence-corrected chi connectivity index (χ3v) is 3.17. The maximum Gasteiger partial charge on any atom is 0.0754 e. The number of nitrogens with zero attached hydrogens (tertiary/aromatic N) is 3. The van der Waals surface area contributed by atoms with Crippen LogP contribution in [-0.4, -0.2) is 15.0 Å². The molecular weight excluding hydrogens is 259 g/mol. The molecule has 0 saturated heterocycles. The van der Waals surface area contributed by atoms with Crippen LogP contribution in [0.3, 0.4) is 0 Å². The van der Waals surface area contributed by atoms with Gasteiger partial charge in [0, 0.05) is 17.1 Å². The van der Waals surface area contributed by atoms with Crippen molar-refractivity contribution >= 4 is 23.2 Å². The average Bonchev–Trinajstić information content (AvgIpc) is 2.68. The van der Waals surface area contributed by atoms with Crippen LogP contribution in [-0.2, 0) is 13.5 Å². The van der Waals surface area contributed by atoms with Crippen molar-refractivity contribution < 1.29 is 0 Å². The molecule has 0 fully saturated rings. The Kier molecular flexibility index (Phi) is 3.66. The molecule has 2 N–H and O–H groups in total. The third kappa shape index (κ3) is 2.77. The van der Waals surface area contributed by atoms with Crippen LogP contribution in [0.15, 0.2) is 24.4 Å². The van der Waals surface area contributed by atoms with Gasteiger partial charge in [0.15, 0.2) is 0 Å². The first-order chi connectivity index (χ1) is 8.08. The molecule has 1 unspecified atom stereocenters. The van der Waals surface area contributed by atoms with Crippen LogP contribution in [0.1, 0.15) is 17.3 Å². The lowest BCUT2D eigenvalue weighted by Crippen LogP contribution is -2.17. The number of rotatable bonds is 3. The van der Waals surface area contributed by atoms with E-state index in [0.717, 1.165) is 11.3 Å². The molecule has 0 saturated carbocycles. The number of halogens is 2. The molecule has 0 bridgehead atoms. The van der Waals surface area contributed by atoms with Crippen LogP contribution in [0, 0.1) is 0 Å². The Morgan fingerprint density at radius 3 is 2.76 bits per heavy atom. The van der Waals surface area contributed by atoms with Gasteiger partial charge in [-0.15, -0.1) is 5.10 Å². The fourth-order valence-corrected chi connectivity index (χ4v) is 2.15. The van der Waals surface area contributed by atoms with E-state index >= 15 is 0 Å². The number of benzene rings is 1. The van der Waals surface area contributed by atoms with Crippen LogP contribution < -0.4 is 5.73 Å². The van der Waals surface area contributed by atoms with Crippen molar-refractivity contribution in [1.82, 2.24) is 15.0 Å². The molecule has 0 aliphatic rings. The molecule has 0 spiro atoms. The fourth-order valence-electron chi connectivity index (χ4n) is 1.66. The normalized spacial score (nSPS) is 12.7. The second kappa shape index (κ2) is 5.04. The molecule has 90 valence electrons. The maximum absolute atomic E-state index is 6.10. The van der Waals surface area contributed by atoms with Gasteiger partial charge in [0.1, 0.15) is 0 Å². The van der Waals surface area contributed by atoms with E-state index < -0.39 is 0 Å². The largest absolute Gasteiger partial charge is 0.322 e. The van der Waals surface area contributed by atoms with Gasteiger partial charge in [0.2, 0.25) is 0 Å². The van der Waals surface area contributed by atoms with Gasteiger partial charge >= 0.3 is 0 Å². The average molecular weight is 271 g/mol. The predicted octanol–water partition coefficient (Wildman–Crippen LogP) is 2.36. The van der Waals surface area contributed by atoms with Crippen LogP contribution in [0.25, 0.3) is 0 Å². The molecule has 6 heteroatoms. The van der Waals surface area contributed by atoms with Crippen molar-refractivity contribution in [3.63, 3.8) is 0 Å². The zero-order valence-electron chi connectivity index (χ0n) is 9.27.